The van der Waals surface area contributed by atoms with Gasteiger partial charge in [-0.2, -0.15) is 0 Å². The number of fused-ring (bicyclic) bond motifs is 1. The minimum absolute atomic E-state index is 0.852. The molecule has 1 heterocycles. The monoisotopic (exact) mass is 327 g/mol. The molecule has 0 atom stereocenters. The van der Waals surface area contributed by atoms with Crippen molar-refractivity contribution in [2.75, 3.05) is 32.1 Å². The molecule has 0 aliphatic heterocycles. The zero-order valence-electron chi connectivity index (χ0n) is 15.3. The Labute approximate surface area is 145 Å². The molecule has 0 amide bonds. The van der Waals surface area contributed by atoms with Crippen LogP contribution < -0.4 is 10.1 Å². The van der Waals surface area contributed by atoms with Crippen LogP contribution in [0.3, 0.4) is 0 Å². The molecule has 0 aliphatic rings. The van der Waals surface area contributed by atoms with Crippen molar-refractivity contribution in [3.05, 3.63) is 42.2 Å². The van der Waals surface area contributed by atoms with Gasteiger partial charge in [0.15, 0.2) is 0 Å². The molecule has 0 saturated heterocycles. The van der Waals surface area contributed by atoms with E-state index >= 15 is 0 Å². The van der Waals surface area contributed by atoms with E-state index in [4.69, 9.17) is 4.74 Å². The molecule has 130 valence electrons. The first kappa shape index (κ1) is 18.1. The van der Waals surface area contributed by atoms with Crippen molar-refractivity contribution in [1.82, 2.24) is 9.88 Å². The van der Waals surface area contributed by atoms with Crippen molar-refractivity contribution in [2.45, 2.75) is 33.6 Å². The van der Waals surface area contributed by atoms with Crippen molar-refractivity contribution in [3.63, 3.8) is 0 Å². The topological polar surface area (TPSA) is 37.4 Å². The first-order valence-electron chi connectivity index (χ1n) is 8.69. The number of pyridine rings is 1. The standard InChI is InChI=1S/C20H29N3O/c1-5-6-11-23(15-16(2)3)12-10-21-19-14-18(24-4)13-17-8-7-9-22-20(17)19/h7-9,13-15,21H,5-6,10-12H2,1-4H3. The fourth-order valence-corrected chi connectivity index (χ4v) is 2.72. The highest BCUT2D eigenvalue weighted by atomic mass is 16.5. The number of anilines is 1. The van der Waals surface area contributed by atoms with E-state index in [0.717, 1.165) is 42.0 Å². The number of nitrogens with one attached hydrogen (secondary N) is 1. The predicted octanol–water partition coefficient (Wildman–Crippen LogP) is 4.68. The molecule has 0 fully saturated rings. The summed E-state index contributed by atoms with van der Waals surface area (Å²) in [6.07, 6.45) is 6.51. The quantitative estimate of drug-likeness (QED) is 0.725. The van der Waals surface area contributed by atoms with E-state index in [1.165, 1.54) is 18.4 Å². The SMILES string of the molecule is CCCCN(C=C(C)C)CCNc1cc(OC)cc2cccnc12. The smallest absolute Gasteiger partial charge is 0.121 e. The molecule has 1 N–H and O–H groups in total. The third-order valence-corrected chi connectivity index (χ3v) is 3.87. The van der Waals surface area contributed by atoms with Crippen molar-refractivity contribution < 1.29 is 4.74 Å². The lowest BCUT2D eigenvalue weighted by atomic mass is 10.1. The molecule has 0 bridgehead atoms. The van der Waals surface area contributed by atoms with Gasteiger partial charge in [0, 0.05) is 37.3 Å². The van der Waals surface area contributed by atoms with Gasteiger partial charge in [-0.1, -0.05) is 25.0 Å². The molecule has 0 radical (unpaired) electrons. The van der Waals surface area contributed by atoms with Crippen molar-refractivity contribution in [1.29, 1.82) is 0 Å². The lowest BCUT2D eigenvalue weighted by molar-refractivity contribution is 0.378. The van der Waals surface area contributed by atoms with Crippen molar-refractivity contribution >= 4 is 16.6 Å². The van der Waals surface area contributed by atoms with Gasteiger partial charge in [-0.15, -0.1) is 0 Å². The van der Waals surface area contributed by atoms with Crippen LogP contribution in [0.25, 0.3) is 10.9 Å². The zero-order valence-corrected chi connectivity index (χ0v) is 15.3. The molecule has 2 aromatic rings. The molecule has 24 heavy (non-hydrogen) atoms. The minimum atomic E-state index is 0.852. The van der Waals surface area contributed by atoms with Gasteiger partial charge in [0.2, 0.25) is 0 Å². The van der Waals surface area contributed by atoms with E-state index in [2.05, 4.69) is 48.2 Å². The van der Waals surface area contributed by atoms with Crippen LogP contribution in [0.5, 0.6) is 5.75 Å². The van der Waals surface area contributed by atoms with Crippen LogP contribution in [0.15, 0.2) is 42.2 Å². The predicted molar refractivity (Wildman–Crippen MR) is 103 cm³/mol. The fourth-order valence-electron chi connectivity index (χ4n) is 2.72. The Bertz CT molecular complexity index is 678. The molecule has 4 nitrogen and oxygen atoms in total. The molecule has 0 spiro atoms. The highest BCUT2D eigenvalue weighted by Crippen LogP contribution is 2.27. The van der Waals surface area contributed by atoms with Crippen LogP contribution in [0.1, 0.15) is 33.6 Å². The maximum atomic E-state index is 5.41. The van der Waals surface area contributed by atoms with Gasteiger partial charge in [0.1, 0.15) is 5.75 Å². The third-order valence-electron chi connectivity index (χ3n) is 3.87. The Morgan fingerprint density at radius 3 is 2.83 bits per heavy atom. The highest BCUT2D eigenvalue weighted by molar-refractivity contribution is 5.91. The maximum absolute atomic E-state index is 5.41. The number of hydrogen-bond acceptors (Lipinski definition) is 4. The summed E-state index contributed by atoms with van der Waals surface area (Å²) in [5.74, 6) is 0.852. The summed E-state index contributed by atoms with van der Waals surface area (Å²) >= 11 is 0. The van der Waals surface area contributed by atoms with Crippen LogP contribution in [-0.2, 0) is 0 Å². The number of aromatic nitrogens is 1. The third kappa shape index (κ3) is 5.15. The minimum Gasteiger partial charge on any atom is -0.497 e. The summed E-state index contributed by atoms with van der Waals surface area (Å²) in [7, 11) is 1.70. The van der Waals surface area contributed by atoms with Gasteiger partial charge in [-0.25, -0.2) is 0 Å². The number of ether oxygens (including phenoxy) is 1. The number of unbranched alkanes of at least 4 members (excludes halogenated alkanes) is 1. The van der Waals surface area contributed by atoms with Crippen LogP contribution in [0, 0.1) is 0 Å². The van der Waals surface area contributed by atoms with E-state index in [1.54, 1.807) is 7.11 Å². The second-order valence-corrected chi connectivity index (χ2v) is 6.27. The van der Waals surface area contributed by atoms with Crippen LogP contribution in [0.4, 0.5) is 5.69 Å². The first-order valence-corrected chi connectivity index (χ1v) is 8.69. The first-order chi connectivity index (χ1) is 11.6. The summed E-state index contributed by atoms with van der Waals surface area (Å²) in [5, 5.41) is 4.62. The second-order valence-electron chi connectivity index (χ2n) is 6.27. The lowest BCUT2D eigenvalue weighted by Crippen LogP contribution is -2.25. The van der Waals surface area contributed by atoms with Gasteiger partial charge >= 0.3 is 0 Å². The van der Waals surface area contributed by atoms with Gasteiger partial charge in [-0.3, -0.25) is 4.98 Å². The van der Waals surface area contributed by atoms with Gasteiger partial charge < -0.3 is 15.0 Å². The van der Waals surface area contributed by atoms with Crippen molar-refractivity contribution in [2.24, 2.45) is 0 Å². The molecule has 1 aromatic carbocycles. The highest BCUT2D eigenvalue weighted by Gasteiger charge is 2.06. The largest absolute Gasteiger partial charge is 0.497 e. The normalized spacial score (nSPS) is 10.5. The summed E-state index contributed by atoms with van der Waals surface area (Å²) in [4.78, 5) is 6.90. The lowest BCUT2D eigenvalue weighted by Gasteiger charge is -2.22. The molecule has 0 aliphatic carbocycles. The van der Waals surface area contributed by atoms with Gasteiger partial charge in [-0.05, 0) is 38.6 Å². The Kier molecular flexibility index (Phi) is 6.91. The maximum Gasteiger partial charge on any atom is 0.121 e. The fraction of sp³-hybridized carbons (Fsp3) is 0.450. The van der Waals surface area contributed by atoms with E-state index in [9.17, 15) is 0 Å². The number of methoxy groups -OCH3 is 1. The summed E-state index contributed by atoms with van der Waals surface area (Å²) in [6.45, 7) is 9.45. The number of hydrogen-bond donors (Lipinski definition) is 1. The molecule has 2 rings (SSSR count). The molecular weight excluding hydrogens is 298 g/mol. The van der Waals surface area contributed by atoms with E-state index in [1.807, 2.05) is 24.4 Å². The molecular formula is C20H29N3O. The average Bonchev–Trinajstić information content (AvgIpc) is 2.58. The molecule has 0 saturated carbocycles. The molecule has 0 unspecified atom stereocenters. The Morgan fingerprint density at radius 1 is 1.29 bits per heavy atom. The number of nitrogens with zero attached hydrogens (tertiary/aromatic N) is 2. The van der Waals surface area contributed by atoms with Crippen LogP contribution >= 0.6 is 0 Å². The van der Waals surface area contributed by atoms with Crippen LogP contribution in [-0.4, -0.2) is 36.6 Å². The molecule has 4 heteroatoms. The zero-order chi connectivity index (χ0) is 17.4. The Morgan fingerprint density at radius 2 is 2.12 bits per heavy atom. The number of benzene rings is 1. The summed E-state index contributed by atoms with van der Waals surface area (Å²) in [6, 6.07) is 8.05. The number of allylic oxidation sites excluding steroid dienone is 1. The summed E-state index contributed by atoms with van der Waals surface area (Å²) in [5.41, 5.74) is 3.35. The van der Waals surface area contributed by atoms with E-state index < -0.39 is 0 Å². The molecule has 1 aromatic heterocycles. The van der Waals surface area contributed by atoms with Crippen LogP contribution in [0.2, 0.25) is 0 Å². The van der Waals surface area contributed by atoms with Crippen molar-refractivity contribution in [3.8, 4) is 5.75 Å². The number of rotatable bonds is 9. The van der Waals surface area contributed by atoms with Gasteiger partial charge in [0.25, 0.3) is 0 Å². The average molecular weight is 327 g/mol. The Hall–Kier alpha value is -2.23. The van der Waals surface area contributed by atoms with Gasteiger partial charge in [0.05, 0.1) is 18.3 Å². The second kappa shape index (κ2) is 9.16. The Balaban J connectivity index is 2.07. The van der Waals surface area contributed by atoms with E-state index in [0.29, 0.717) is 0 Å². The summed E-state index contributed by atoms with van der Waals surface area (Å²) < 4.78 is 5.41. The van der Waals surface area contributed by atoms with E-state index in [-0.39, 0.29) is 0 Å².